The SMILES string of the molecule is CCCCCCCCC(=O)Nc1cccc(S(=O)(=O)O)c1OC(=O)CCCCC. The third kappa shape index (κ3) is 9.89. The highest BCUT2D eigenvalue weighted by molar-refractivity contribution is 7.86. The summed E-state index contributed by atoms with van der Waals surface area (Å²) in [6.45, 7) is 4.14. The number of esters is 1. The Labute approximate surface area is 174 Å². The Morgan fingerprint density at radius 2 is 1.52 bits per heavy atom. The van der Waals surface area contributed by atoms with Gasteiger partial charge >= 0.3 is 5.97 Å². The average molecular weight is 428 g/mol. The van der Waals surface area contributed by atoms with Crippen molar-refractivity contribution in [3.63, 3.8) is 0 Å². The number of rotatable bonds is 14. The van der Waals surface area contributed by atoms with Crippen LogP contribution in [0.2, 0.25) is 0 Å². The Balaban J connectivity index is 2.82. The molecule has 164 valence electrons. The number of carbonyl (C=O) groups is 2. The van der Waals surface area contributed by atoms with E-state index in [0.717, 1.165) is 51.0 Å². The van der Waals surface area contributed by atoms with Crippen LogP contribution in [0.4, 0.5) is 5.69 Å². The molecule has 0 atom stereocenters. The van der Waals surface area contributed by atoms with Crippen molar-refractivity contribution in [1.29, 1.82) is 0 Å². The summed E-state index contributed by atoms with van der Waals surface area (Å²) in [6.07, 6.45) is 9.01. The van der Waals surface area contributed by atoms with Crippen molar-refractivity contribution in [3.05, 3.63) is 18.2 Å². The number of nitrogens with one attached hydrogen (secondary N) is 1. The molecule has 29 heavy (non-hydrogen) atoms. The van der Waals surface area contributed by atoms with Gasteiger partial charge in [-0.05, 0) is 25.0 Å². The molecule has 8 heteroatoms. The van der Waals surface area contributed by atoms with E-state index in [1.54, 1.807) is 0 Å². The minimum absolute atomic E-state index is 0.0555. The van der Waals surface area contributed by atoms with Crippen LogP contribution in [0, 0.1) is 0 Å². The van der Waals surface area contributed by atoms with Crippen molar-refractivity contribution in [3.8, 4) is 5.75 Å². The standard InChI is InChI=1S/C21H33NO6S/c1-3-5-7-8-9-11-15-19(23)22-17-13-12-14-18(29(25,26)27)21(17)28-20(24)16-10-6-4-2/h12-14H,3-11,15-16H2,1-2H3,(H,22,23)(H,25,26,27). The molecule has 0 fully saturated rings. The second kappa shape index (κ2) is 13.3. The molecule has 0 aliphatic rings. The van der Waals surface area contributed by atoms with E-state index in [1.165, 1.54) is 18.6 Å². The summed E-state index contributed by atoms with van der Waals surface area (Å²) in [5.41, 5.74) is 0.0555. The van der Waals surface area contributed by atoms with Crippen molar-refractivity contribution in [1.82, 2.24) is 0 Å². The van der Waals surface area contributed by atoms with E-state index in [-0.39, 0.29) is 30.2 Å². The molecular formula is C21H33NO6S. The minimum Gasteiger partial charge on any atom is -0.423 e. The minimum atomic E-state index is -4.62. The molecule has 0 bridgehead atoms. The highest BCUT2D eigenvalue weighted by Crippen LogP contribution is 2.33. The number of ether oxygens (including phenoxy) is 1. The van der Waals surface area contributed by atoms with Gasteiger partial charge in [0.2, 0.25) is 5.91 Å². The van der Waals surface area contributed by atoms with Crippen LogP contribution < -0.4 is 10.1 Å². The molecule has 0 aliphatic heterocycles. The molecule has 0 aromatic heterocycles. The van der Waals surface area contributed by atoms with Crippen molar-refractivity contribution >= 4 is 27.7 Å². The summed E-state index contributed by atoms with van der Waals surface area (Å²) < 4.78 is 38.1. The molecule has 1 aromatic carbocycles. The fourth-order valence-corrected chi connectivity index (χ4v) is 3.52. The highest BCUT2D eigenvalue weighted by Gasteiger charge is 2.23. The van der Waals surface area contributed by atoms with E-state index >= 15 is 0 Å². The van der Waals surface area contributed by atoms with Crippen molar-refractivity contribution in [2.75, 3.05) is 5.32 Å². The molecule has 0 aliphatic carbocycles. The zero-order valence-electron chi connectivity index (χ0n) is 17.4. The zero-order chi connectivity index (χ0) is 21.7. The first kappa shape index (κ1) is 25.1. The second-order valence-corrected chi connectivity index (χ2v) is 8.49. The Morgan fingerprint density at radius 3 is 2.17 bits per heavy atom. The normalized spacial score (nSPS) is 11.3. The lowest BCUT2D eigenvalue weighted by atomic mass is 10.1. The third-order valence-corrected chi connectivity index (χ3v) is 5.37. The molecule has 1 rings (SSSR count). The van der Waals surface area contributed by atoms with Gasteiger partial charge in [0.15, 0.2) is 5.75 Å². The number of anilines is 1. The predicted octanol–water partition coefficient (Wildman–Crippen LogP) is 5.11. The van der Waals surface area contributed by atoms with Gasteiger partial charge in [0.25, 0.3) is 10.1 Å². The number of hydrogen-bond donors (Lipinski definition) is 2. The third-order valence-electron chi connectivity index (χ3n) is 4.49. The Hall–Kier alpha value is -1.93. The van der Waals surface area contributed by atoms with Crippen LogP contribution in [0.1, 0.15) is 84.5 Å². The fraction of sp³-hybridized carbons (Fsp3) is 0.619. The largest absolute Gasteiger partial charge is 0.423 e. The number of amides is 1. The molecule has 0 saturated heterocycles. The molecular weight excluding hydrogens is 394 g/mol. The molecule has 0 radical (unpaired) electrons. The first-order valence-corrected chi connectivity index (χ1v) is 11.8. The van der Waals surface area contributed by atoms with E-state index < -0.39 is 21.0 Å². The Morgan fingerprint density at radius 1 is 0.931 bits per heavy atom. The smallest absolute Gasteiger partial charge is 0.311 e. The van der Waals surface area contributed by atoms with Gasteiger partial charge in [-0.15, -0.1) is 0 Å². The van der Waals surface area contributed by atoms with Crippen molar-refractivity contribution in [2.24, 2.45) is 0 Å². The maximum Gasteiger partial charge on any atom is 0.311 e. The maximum absolute atomic E-state index is 12.2. The number of carbonyl (C=O) groups excluding carboxylic acids is 2. The lowest BCUT2D eigenvalue weighted by Crippen LogP contribution is -2.16. The van der Waals surface area contributed by atoms with Gasteiger partial charge in [-0.2, -0.15) is 8.42 Å². The summed E-state index contributed by atoms with van der Waals surface area (Å²) in [5, 5.41) is 2.61. The average Bonchev–Trinajstić information content (AvgIpc) is 2.65. The van der Waals surface area contributed by atoms with Gasteiger partial charge in [0.05, 0.1) is 5.69 Å². The molecule has 0 saturated carbocycles. The van der Waals surface area contributed by atoms with Gasteiger partial charge < -0.3 is 10.1 Å². The summed E-state index contributed by atoms with van der Waals surface area (Å²) in [5.74, 6) is -1.25. The number of unbranched alkanes of at least 4 members (excludes halogenated alkanes) is 7. The zero-order valence-corrected chi connectivity index (χ0v) is 18.2. The van der Waals surface area contributed by atoms with Gasteiger partial charge in [-0.3, -0.25) is 14.1 Å². The van der Waals surface area contributed by atoms with E-state index in [1.807, 2.05) is 6.92 Å². The van der Waals surface area contributed by atoms with E-state index in [9.17, 15) is 22.6 Å². The molecule has 0 spiro atoms. The summed E-state index contributed by atoms with van der Waals surface area (Å²) in [4.78, 5) is 23.8. The lowest BCUT2D eigenvalue weighted by molar-refractivity contribution is -0.134. The molecule has 0 unspecified atom stereocenters. The predicted molar refractivity (Wildman–Crippen MR) is 113 cm³/mol. The maximum atomic E-state index is 12.2. The number of benzene rings is 1. The lowest BCUT2D eigenvalue weighted by Gasteiger charge is -2.14. The molecule has 1 amide bonds. The summed E-state index contributed by atoms with van der Waals surface area (Å²) >= 11 is 0. The van der Waals surface area contributed by atoms with Crippen molar-refractivity contribution in [2.45, 2.75) is 89.4 Å². The van der Waals surface area contributed by atoms with Crippen LogP contribution in [0.3, 0.4) is 0 Å². The Bertz CT molecular complexity index is 760. The topological polar surface area (TPSA) is 110 Å². The summed E-state index contributed by atoms with van der Waals surface area (Å²) in [7, 11) is -4.62. The van der Waals surface area contributed by atoms with Crippen LogP contribution in [0.15, 0.2) is 23.1 Å². The van der Waals surface area contributed by atoms with Crippen LogP contribution in [-0.2, 0) is 19.7 Å². The molecule has 7 nitrogen and oxygen atoms in total. The Kier molecular flexibility index (Phi) is 11.5. The van der Waals surface area contributed by atoms with E-state index in [4.69, 9.17) is 4.74 Å². The van der Waals surface area contributed by atoms with Crippen LogP contribution >= 0.6 is 0 Å². The van der Waals surface area contributed by atoms with E-state index in [2.05, 4.69) is 12.2 Å². The monoisotopic (exact) mass is 427 g/mol. The first-order valence-electron chi connectivity index (χ1n) is 10.4. The number of para-hydroxylation sites is 1. The molecule has 2 N–H and O–H groups in total. The van der Waals surface area contributed by atoms with Crippen LogP contribution in [-0.4, -0.2) is 24.8 Å². The fourth-order valence-electron chi connectivity index (χ4n) is 2.89. The number of hydrogen-bond acceptors (Lipinski definition) is 5. The quantitative estimate of drug-likeness (QED) is 0.185. The van der Waals surface area contributed by atoms with Crippen LogP contribution in [0.5, 0.6) is 5.75 Å². The first-order chi connectivity index (χ1) is 13.8. The van der Waals surface area contributed by atoms with Crippen molar-refractivity contribution < 1.29 is 27.3 Å². The second-order valence-electron chi connectivity index (χ2n) is 7.11. The molecule has 0 heterocycles. The van der Waals surface area contributed by atoms with E-state index in [0.29, 0.717) is 6.42 Å². The molecule has 1 aromatic rings. The van der Waals surface area contributed by atoms with Gasteiger partial charge in [-0.1, -0.05) is 64.9 Å². The van der Waals surface area contributed by atoms with Gasteiger partial charge in [0, 0.05) is 12.8 Å². The summed E-state index contributed by atoms with van der Waals surface area (Å²) in [6, 6.07) is 3.95. The van der Waals surface area contributed by atoms with Gasteiger partial charge in [0.1, 0.15) is 4.90 Å². The highest BCUT2D eigenvalue weighted by atomic mass is 32.2. The van der Waals surface area contributed by atoms with Crippen LogP contribution in [0.25, 0.3) is 0 Å². The van der Waals surface area contributed by atoms with Gasteiger partial charge in [-0.25, -0.2) is 0 Å².